The van der Waals surface area contributed by atoms with Crippen molar-refractivity contribution >= 4 is 75.1 Å². The number of β-lactam (4-membered cyclic amide) rings is 1. The summed E-state index contributed by atoms with van der Waals surface area (Å²) in [6, 6.07) is 0.391. The summed E-state index contributed by atoms with van der Waals surface area (Å²) in [5.41, 5.74) is 16.8. The van der Waals surface area contributed by atoms with Gasteiger partial charge in [-0.1, -0.05) is 16.9 Å². The zero-order valence-electron chi connectivity index (χ0n) is 17.0. The number of thioether (sulfide) groups is 2. The number of hydrogen-bond acceptors (Lipinski definition) is 14. The number of amides is 2. The Morgan fingerprint density at radius 1 is 1.26 bits per heavy atom. The van der Waals surface area contributed by atoms with Crippen LogP contribution >= 0.6 is 34.9 Å². The number of nitrogens with zero attached hydrogens (tertiary/aromatic N) is 5. The molecule has 17 heteroatoms. The van der Waals surface area contributed by atoms with Crippen LogP contribution in [0.5, 0.6) is 0 Å². The number of hydrogen-bond donors (Lipinski definition) is 6. The smallest absolute Gasteiger partial charge is 0.352 e. The van der Waals surface area contributed by atoms with Crippen molar-refractivity contribution < 1.29 is 24.7 Å². The van der Waals surface area contributed by atoms with Crippen LogP contribution in [-0.2, 0) is 14.4 Å². The lowest BCUT2D eigenvalue weighted by Crippen LogP contribution is -2.71. The number of carbonyl (C=O) groups excluding carboxylic acids is 2. The number of anilines is 3. The lowest BCUT2D eigenvalue weighted by atomic mass is 10.0. The zero-order chi connectivity index (χ0) is 24.6. The van der Waals surface area contributed by atoms with E-state index >= 15 is 0 Å². The summed E-state index contributed by atoms with van der Waals surface area (Å²) < 4.78 is 0. The number of carbonyl (C=O) groups is 3. The van der Waals surface area contributed by atoms with Crippen LogP contribution in [0.3, 0.4) is 0 Å². The lowest BCUT2D eigenvalue weighted by Gasteiger charge is -2.49. The summed E-state index contributed by atoms with van der Waals surface area (Å²) in [7, 11) is 0. The van der Waals surface area contributed by atoms with Crippen LogP contribution in [0, 0.1) is 0 Å². The number of carboxylic acids is 1. The van der Waals surface area contributed by atoms with Gasteiger partial charge in [-0.25, -0.2) is 19.7 Å². The number of carboxylic acid groups (broad SMARTS) is 1. The Kier molecular flexibility index (Phi) is 6.49. The Hall–Kier alpha value is -3.57. The van der Waals surface area contributed by atoms with E-state index in [0.717, 1.165) is 28.0 Å². The van der Waals surface area contributed by atoms with Crippen molar-refractivity contribution in [3.05, 3.63) is 28.4 Å². The fourth-order valence-corrected chi connectivity index (χ4v) is 6.20. The van der Waals surface area contributed by atoms with Gasteiger partial charge in [0.15, 0.2) is 16.0 Å². The van der Waals surface area contributed by atoms with Crippen molar-refractivity contribution in [1.29, 1.82) is 0 Å². The van der Waals surface area contributed by atoms with Crippen molar-refractivity contribution in [2.75, 3.05) is 28.7 Å². The van der Waals surface area contributed by atoms with Crippen molar-refractivity contribution in [1.82, 2.24) is 25.2 Å². The summed E-state index contributed by atoms with van der Waals surface area (Å²) in [5.74, 6) is -1.88. The normalized spacial score (nSPS) is 20.1. The lowest BCUT2D eigenvalue weighted by molar-refractivity contribution is -0.150. The van der Waals surface area contributed by atoms with Gasteiger partial charge in [-0.15, -0.1) is 23.1 Å². The van der Waals surface area contributed by atoms with E-state index < -0.39 is 34.9 Å². The van der Waals surface area contributed by atoms with Gasteiger partial charge in [0.2, 0.25) is 0 Å². The van der Waals surface area contributed by atoms with Gasteiger partial charge in [-0.2, -0.15) is 0 Å². The Morgan fingerprint density at radius 2 is 1.97 bits per heavy atom. The number of nitrogens with two attached hydrogens (primary N) is 3. The number of nitrogens with one attached hydrogen (secondary N) is 1. The SMILES string of the molecule is Nc1cc(N)nc(SCC2=C(C(=O)O)N3C(=O)[C@@H](NC(=O)/C(=N\O)c4csc(N)n4)[C@H]3SC2)n1. The van der Waals surface area contributed by atoms with Gasteiger partial charge in [0.05, 0.1) is 0 Å². The summed E-state index contributed by atoms with van der Waals surface area (Å²) in [4.78, 5) is 50.5. The average molecular weight is 524 g/mol. The number of aliphatic carboxylic acids is 1. The highest BCUT2D eigenvalue weighted by atomic mass is 32.2. The monoisotopic (exact) mass is 523 g/mol. The van der Waals surface area contributed by atoms with Crippen LogP contribution in [0.1, 0.15) is 5.69 Å². The van der Waals surface area contributed by atoms with Crippen LogP contribution in [0.2, 0.25) is 0 Å². The Bertz CT molecular complexity index is 1230. The van der Waals surface area contributed by atoms with Gasteiger partial charge >= 0.3 is 5.97 Å². The van der Waals surface area contributed by atoms with Gasteiger partial charge in [0.1, 0.15) is 34.4 Å². The minimum atomic E-state index is -1.28. The average Bonchev–Trinajstić information content (AvgIpc) is 3.20. The van der Waals surface area contributed by atoms with Crippen molar-refractivity contribution in [3.63, 3.8) is 0 Å². The molecule has 2 aromatic heterocycles. The molecule has 34 heavy (non-hydrogen) atoms. The highest BCUT2D eigenvalue weighted by molar-refractivity contribution is 8.01. The first-order valence-electron chi connectivity index (χ1n) is 9.36. The molecular weight excluding hydrogens is 506 g/mol. The molecule has 0 saturated carbocycles. The molecule has 0 spiro atoms. The van der Waals surface area contributed by atoms with Gasteiger partial charge in [-0.05, 0) is 5.57 Å². The first-order chi connectivity index (χ1) is 16.2. The second-order valence-electron chi connectivity index (χ2n) is 6.93. The number of nitrogen functional groups attached to an aromatic ring is 3. The van der Waals surface area contributed by atoms with Crippen molar-refractivity contribution in [3.8, 4) is 0 Å². The summed E-state index contributed by atoms with van der Waals surface area (Å²) in [6.07, 6.45) is 0. The number of rotatable bonds is 7. The summed E-state index contributed by atoms with van der Waals surface area (Å²) >= 11 is 3.48. The molecule has 4 heterocycles. The standard InChI is InChI=1S/C17H17N9O5S3/c18-7-1-8(19)23-17(22-7)34-3-5-2-32-14-10(13(28)26(14)11(5)15(29)30)24-12(27)9(25-31)6-4-33-16(20)21-6/h1,4,10,14,31H,2-3H2,(H2,20,21)(H,24,27)(H,29,30)(H4,18,19,22,23)/b25-9-/t10-,14-/m1/s1. The summed E-state index contributed by atoms with van der Waals surface area (Å²) in [6.45, 7) is 0. The third-order valence-corrected chi connectivity index (χ3v) is 7.68. The molecule has 0 aromatic carbocycles. The number of thiazole rings is 1. The molecule has 4 rings (SSSR count). The van der Waals surface area contributed by atoms with Crippen LogP contribution < -0.4 is 22.5 Å². The van der Waals surface area contributed by atoms with Crippen LogP contribution in [0.25, 0.3) is 0 Å². The minimum Gasteiger partial charge on any atom is -0.477 e. The van der Waals surface area contributed by atoms with Crippen molar-refractivity contribution in [2.24, 2.45) is 5.16 Å². The highest BCUT2D eigenvalue weighted by Crippen LogP contribution is 2.41. The van der Waals surface area contributed by atoms with E-state index in [1.165, 1.54) is 23.2 Å². The fourth-order valence-electron chi connectivity index (χ4n) is 3.29. The van der Waals surface area contributed by atoms with E-state index in [4.69, 9.17) is 17.2 Å². The molecule has 0 radical (unpaired) electrons. The third-order valence-electron chi connectivity index (χ3n) is 4.74. The van der Waals surface area contributed by atoms with E-state index in [0.29, 0.717) is 5.57 Å². The quantitative estimate of drug-likeness (QED) is 0.0664. The van der Waals surface area contributed by atoms with Gasteiger partial charge in [-0.3, -0.25) is 14.5 Å². The number of aromatic nitrogens is 3. The molecule has 1 fully saturated rings. The topological polar surface area (TPSA) is 236 Å². The first-order valence-corrected chi connectivity index (χ1v) is 12.3. The molecule has 0 unspecified atom stereocenters. The predicted octanol–water partition coefficient (Wildman–Crippen LogP) is -0.611. The molecule has 14 nitrogen and oxygen atoms in total. The molecular formula is C17H17N9O5S3. The molecule has 2 aliphatic rings. The van der Waals surface area contributed by atoms with Crippen LogP contribution in [0.4, 0.5) is 16.8 Å². The van der Waals surface area contributed by atoms with Gasteiger partial charge < -0.3 is 32.8 Å². The maximum Gasteiger partial charge on any atom is 0.352 e. The Labute approximate surface area is 203 Å². The predicted molar refractivity (Wildman–Crippen MR) is 126 cm³/mol. The van der Waals surface area contributed by atoms with Gasteiger partial charge in [0.25, 0.3) is 11.8 Å². The minimum absolute atomic E-state index is 0.0530. The van der Waals surface area contributed by atoms with Crippen molar-refractivity contribution in [2.45, 2.75) is 16.6 Å². The maximum absolute atomic E-state index is 12.8. The highest BCUT2D eigenvalue weighted by Gasteiger charge is 2.54. The van der Waals surface area contributed by atoms with Crippen LogP contribution in [0.15, 0.2) is 33.0 Å². The number of oxime groups is 1. The van der Waals surface area contributed by atoms with E-state index in [1.54, 1.807) is 0 Å². The van der Waals surface area contributed by atoms with E-state index in [9.17, 15) is 24.7 Å². The van der Waals surface area contributed by atoms with Crippen LogP contribution in [-0.4, -0.2) is 76.6 Å². The summed E-state index contributed by atoms with van der Waals surface area (Å²) in [5, 5.41) is 25.7. The molecule has 0 aliphatic carbocycles. The Balaban J connectivity index is 1.48. The molecule has 1 saturated heterocycles. The van der Waals surface area contributed by atoms with E-state index in [1.807, 2.05) is 0 Å². The first kappa shape index (κ1) is 23.6. The molecule has 178 valence electrons. The molecule has 2 aromatic rings. The largest absolute Gasteiger partial charge is 0.477 e. The molecule has 9 N–H and O–H groups in total. The molecule has 2 atom stereocenters. The second-order valence-corrected chi connectivity index (χ2v) is 9.86. The Morgan fingerprint density at radius 3 is 2.56 bits per heavy atom. The van der Waals surface area contributed by atoms with E-state index in [2.05, 4.69) is 25.4 Å². The van der Waals surface area contributed by atoms with E-state index in [-0.39, 0.29) is 44.8 Å². The molecule has 2 aliphatic heterocycles. The third kappa shape index (κ3) is 4.44. The zero-order valence-corrected chi connectivity index (χ0v) is 19.5. The maximum atomic E-state index is 12.8. The molecule has 0 bridgehead atoms. The van der Waals surface area contributed by atoms with Gasteiger partial charge in [0, 0.05) is 23.0 Å². The second kappa shape index (κ2) is 9.35. The fraction of sp³-hybridized carbons (Fsp3) is 0.235. The molecule has 2 amide bonds. The number of fused-ring (bicyclic) bond motifs is 1.